The molecule has 0 bridgehead atoms. The summed E-state index contributed by atoms with van der Waals surface area (Å²) in [5.74, 6) is -0.413. The molecule has 2 aromatic heterocycles. The fourth-order valence-electron chi connectivity index (χ4n) is 2.08. The molecule has 0 atom stereocenters. The predicted octanol–water partition coefficient (Wildman–Crippen LogP) is 3.48. The first-order valence-electron chi connectivity index (χ1n) is 6.94. The van der Waals surface area contributed by atoms with Crippen molar-refractivity contribution in [2.45, 2.75) is 13.8 Å². The summed E-state index contributed by atoms with van der Waals surface area (Å²) in [6.07, 6.45) is 0. The molecule has 0 saturated carbocycles. The van der Waals surface area contributed by atoms with Crippen molar-refractivity contribution in [1.29, 1.82) is 0 Å². The third-order valence-corrected chi connectivity index (χ3v) is 3.93. The van der Waals surface area contributed by atoms with Crippen LogP contribution < -0.4 is 0 Å². The van der Waals surface area contributed by atoms with Gasteiger partial charge in [-0.05, 0) is 19.9 Å². The maximum absolute atomic E-state index is 11.8. The molecule has 0 N–H and O–H groups in total. The van der Waals surface area contributed by atoms with E-state index in [1.165, 1.54) is 11.3 Å². The molecule has 0 aliphatic carbocycles. The van der Waals surface area contributed by atoms with E-state index >= 15 is 0 Å². The summed E-state index contributed by atoms with van der Waals surface area (Å²) in [5.41, 5.74) is 3.10. The fraction of sp³-hybridized carbons (Fsp3) is 0.188. The fourth-order valence-corrected chi connectivity index (χ4v) is 2.92. The van der Waals surface area contributed by atoms with Gasteiger partial charge >= 0.3 is 5.97 Å². The van der Waals surface area contributed by atoms with Crippen molar-refractivity contribution in [3.05, 3.63) is 53.2 Å². The number of hydrogen-bond donors (Lipinski definition) is 0. The van der Waals surface area contributed by atoms with Gasteiger partial charge in [0.1, 0.15) is 0 Å². The molecule has 5 nitrogen and oxygen atoms in total. The maximum atomic E-state index is 11.8. The second-order valence-corrected chi connectivity index (χ2v) is 5.52. The van der Waals surface area contributed by atoms with Crippen molar-refractivity contribution >= 4 is 17.3 Å². The van der Waals surface area contributed by atoms with E-state index in [1.807, 2.05) is 42.6 Å². The molecule has 3 rings (SSSR count). The van der Waals surface area contributed by atoms with Gasteiger partial charge in [0.25, 0.3) is 0 Å². The zero-order chi connectivity index (χ0) is 15.5. The van der Waals surface area contributed by atoms with E-state index in [0.717, 1.165) is 22.1 Å². The third-order valence-electron chi connectivity index (χ3n) is 3.11. The molecule has 0 amide bonds. The van der Waals surface area contributed by atoms with Gasteiger partial charge < -0.3 is 4.74 Å². The lowest BCUT2D eigenvalue weighted by atomic mass is 10.2. The molecule has 0 radical (unpaired) electrons. The molecule has 3 aromatic rings. The first-order chi connectivity index (χ1) is 10.7. The quantitative estimate of drug-likeness (QED) is 0.692. The van der Waals surface area contributed by atoms with E-state index in [1.54, 1.807) is 17.7 Å². The zero-order valence-corrected chi connectivity index (χ0v) is 13.1. The minimum Gasteiger partial charge on any atom is -0.461 e. The number of thiazole rings is 1. The maximum Gasteiger partial charge on any atom is 0.358 e. The Labute approximate surface area is 132 Å². The summed E-state index contributed by atoms with van der Waals surface area (Å²) in [6, 6.07) is 11.7. The molecule has 0 fully saturated rings. The van der Waals surface area contributed by atoms with Gasteiger partial charge in [0.15, 0.2) is 5.69 Å². The minimum atomic E-state index is -0.413. The van der Waals surface area contributed by atoms with Crippen molar-refractivity contribution in [2.24, 2.45) is 0 Å². The van der Waals surface area contributed by atoms with Gasteiger partial charge in [-0.15, -0.1) is 11.3 Å². The topological polar surface area (TPSA) is 57.0 Å². The SMILES string of the molecule is CCOC(=O)c1cc(C)n(-c2nc(-c3ccccc3)cs2)n1. The molecule has 6 heteroatoms. The number of nitrogens with zero attached hydrogens (tertiary/aromatic N) is 3. The molecule has 112 valence electrons. The molecule has 22 heavy (non-hydrogen) atoms. The Morgan fingerprint density at radius 2 is 2.09 bits per heavy atom. The highest BCUT2D eigenvalue weighted by Crippen LogP contribution is 2.24. The molecule has 2 heterocycles. The van der Waals surface area contributed by atoms with Crippen molar-refractivity contribution in [1.82, 2.24) is 14.8 Å². The van der Waals surface area contributed by atoms with Crippen molar-refractivity contribution in [2.75, 3.05) is 6.61 Å². The summed E-state index contributed by atoms with van der Waals surface area (Å²) in [4.78, 5) is 16.4. The Balaban J connectivity index is 1.92. The van der Waals surface area contributed by atoms with Crippen LogP contribution >= 0.6 is 11.3 Å². The second-order valence-electron chi connectivity index (χ2n) is 4.68. The van der Waals surface area contributed by atoms with Crippen LogP contribution in [0.1, 0.15) is 23.1 Å². The van der Waals surface area contributed by atoms with Gasteiger partial charge in [-0.25, -0.2) is 14.5 Å². The summed E-state index contributed by atoms with van der Waals surface area (Å²) in [6.45, 7) is 3.99. The van der Waals surface area contributed by atoms with Crippen molar-refractivity contribution in [3.8, 4) is 16.4 Å². The molecule has 0 saturated heterocycles. The molecular formula is C16H15N3O2S. The highest BCUT2D eigenvalue weighted by Gasteiger charge is 2.16. The van der Waals surface area contributed by atoms with E-state index in [9.17, 15) is 4.79 Å². The highest BCUT2D eigenvalue weighted by molar-refractivity contribution is 7.12. The lowest BCUT2D eigenvalue weighted by molar-refractivity contribution is 0.0519. The van der Waals surface area contributed by atoms with E-state index in [-0.39, 0.29) is 0 Å². The Morgan fingerprint density at radius 3 is 2.82 bits per heavy atom. The average molecular weight is 313 g/mol. The number of carbonyl (C=O) groups is 1. The van der Waals surface area contributed by atoms with E-state index in [4.69, 9.17) is 4.74 Å². The lowest BCUT2D eigenvalue weighted by Crippen LogP contribution is -2.06. The highest BCUT2D eigenvalue weighted by atomic mass is 32.1. The largest absolute Gasteiger partial charge is 0.461 e. The number of ether oxygens (including phenoxy) is 1. The number of carbonyl (C=O) groups excluding carboxylic acids is 1. The normalized spacial score (nSPS) is 10.6. The number of rotatable bonds is 4. The zero-order valence-electron chi connectivity index (χ0n) is 12.3. The van der Waals surface area contributed by atoms with Crippen LogP contribution in [0, 0.1) is 6.92 Å². The molecule has 1 aromatic carbocycles. The van der Waals surface area contributed by atoms with Crippen LogP contribution in [0.5, 0.6) is 0 Å². The van der Waals surface area contributed by atoms with E-state index in [2.05, 4.69) is 10.1 Å². The van der Waals surface area contributed by atoms with Crippen LogP contribution in [0.15, 0.2) is 41.8 Å². The number of esters is 1. The molecule has 0 spiro atoms. The first-order valence-corrected chi connectivity index (χ1v) is 7.82. The van der Waals surface area contributed by atoms with Crippen LogP contribution in [0.3, 0.4) is 0 Å². The third kappa shape index (κ3) is 2.78. The minimum absolute atomic E-state index is 0.302. The smallest absolute Gasteiger partial charge is 0.358 e. The summed E-state index contributed by atoms with van der Waals surface area (Å²) in [7, 11) is 0. The summed E-state index contributed by atoms with van der Waals surface area (Å²) < 4.78 is 6.64. The monoisotopic (exact) mass is 313 g/mol. The molecule has 0 aliphatic rings. The number of aromatic nitrogens is 3. The second kappa shape index (κ2) is 6.11. The van der Waals surface area contributed by atoms with Crippen LogP contribution in [-0.2, 0) is 4.74 Å². The molecular weight excluding hydrogens is 298 g/mol. The average Bonchev–Trinajstić information content (AvgIpc) is 3.15. The molecule has 0 unspecified atom stereocenters. The van der Waals surface area contributed by atoms with E-state index < -0.39 is 5.97 Å². The molecule has 0 aliphatic heterocycles. The first kappa shape index (κ1) is 14.5. The lowest BCUT2D eigenvalue weighted by Gasteiger charge is -1.99. The van der Waals surface area contributed by atoms with E-state index in [0.29, 0.717) is 12.3 Å². The van der Waals surface area contributed by atoms with Gasteiger partial charge in [-0.2, -0.15) is 5.10 Å². The summed E-state index contributed by atoms with van der Waals surface area (Å²) >= 11 is 1.49. The van der Waals surface area contributed by atoms with Crippen molar-refractivity contribution < 1.29 is 9.53 Å². The van der Waals surface area contributed by atoms with Crippen LogP contribution in [0.25, 0.3) is 16.4 Å². The number of aryl methyl sites for hydroxylation is 1. The van der Waals surface area contributed by atoms with Gasteiger partial charge in [-0.1, -0.05) is 30.3 Å². The Bertz CT molecular complexity index is 793. The van der Waals surface area contributed by atoms with Gasteiger partial charge in [0.2, 0.25) is 5.13 Å². The van der Waals surface area contributed by atoms with Gasteiger partial charge in [0, 0.05) is 16.6 Å². The predicted molar refractivity (Wildman–Crippen MR) is 85.4 cm³/mol. The van der Waals surface area contributed by atoms with Gasteiger partial charge in [-0.3, -0.25) is 0 Å². The van der Waals surface area contributed by atoms with Crippen LogP contribution in [-0.4, -0.2) is 27.3 Å². The standard InChI is InChI=1S/C16H15N3O2S/c1-3-21-15(20)13-9-11(2)19(18-13)16-17-14(10-22-16)12-7-5-4-6-8-12/h4-10H,3H2,1-2H3. The Morgan fingerprint density at radius 1 is 1.32 bits per heavy atom. The summed E-state index contributed by atoms with van der Waals surface area (Å²) in [5, 5.41) is 7.01. The van der Waals surface area contributed by atoms with Crippen LogP contribution in [0.4, 0.5) is 0 Å². The number of hydrogen-bond acceptors (Lipinski definition) is 5. The Kier molecular flexibility index (Phi) is 4.02. The number of benzene rings is 1. The van der Waals surface area contributed by atoms with Gasteiger partial charge in [0.05, 0.1) is 12.3 Å². The Hall–Kier alpha value is -2.47. The van der Waals surface area contributed by atoms with Crippen LogP contribution in [0.2, 0.25) is 0 Å². The van der Waals surface area contributed by atoms with Crippen molar-refractivity contribution in [3.63, 3.8) is 0 Å².